The van der Waals surface area contributed by atoms with Crippen LogP contribution in [-0.2, 0) is 14.3 Å². The first-order chi connectivity index (χ1) is 14.5. The predicted molar refractivity (Wildman–Crippen MR) is 113 cm³/mol. The smallest absolute Gasteiger partial charge is 0.264 e. The minimum atomic E-state index is -0.297. The van der Waals surface area contributed by atoms with E-state index in [0.717, 1.165) is 5.56 Å². The standard InChI is InChI=1S/C23H23N3O4/c1-17-2-6-20(7-3-17)25-22(27)16-30-21-8-4-18(5-9-21)14-19(15-24)23(28)26-10-12-29-13-11-26/h2-9,14H,10-13,16H2,1H3,(H,25,27)/b19-14+. The Labute approximate surface area is 175 Å². The van der Waals surface area contributed by atoms with E-state index in [1.54, 1.807) is 35.2 Å². The minimum absolute atomic E-state index is 0.0723. The third-order valence-electron chi connectivity index (χ3n) is 4.55. The maximum Gasteiger partial charge on any atom is 0.264 e. The van der Waals surface area contributed by atoms with E-state index in [-0.39, 0.29) is 24.0 Å². The summed E-state index contributed by atoms with van der Waals surface area (Å²) >= 11 is 0. The van der Waals surface area contributed by atoms with Crippen LogP contribution in [-0.4, -0.2) is 49.6 Å². The van der Waals surface area contributed by atoms with Gasteiger partial charge in [0.15, 0.2) is 6.61 Å². The summed E-state index contributed by atoms with van der Waals surface area (Å²) in [6.07, 6.45) is 1.55. The molecular formula is C23H23N3O4. The predicted octanol–water partition coefficient (Wildman–Crippen LogP) is 2.78. The minimum Gasteiger partial charge on any atom is -0.484 e. The van der Waals surface area contributed by atoms with Crippen LogP contribution < -0.4 is 10.1 Å². The van der Waals surface area contributed by atoms with E-state index in [9.17, 15) is 14.9 Å². The lowest BCUT2D eigenvalue weighted by molar-refractivity contribution is -0.130. The lowest BCUT2D eigenvalue weighted by Gasteiger charge is -2.26. The van der Waals surface area contributed by atoms with Crippen molar-refractivity contribution in [1.29, 1.82) is 5.26 Å². The van der Waals surface area contributed by atoms with Crippen molar-refractivity contribution in [3.8, 4) is 11.8 Å². The van der Waals surface area contributed by atoms with Gasteiger partial charge in [-0.05, 0) is 42.8 Å². The van der Waals surface area contributed by atoms with Crippen molar-refractivity contribution in [3.63, 3.8) is 0 Å². The van der Waals surface area contributed by atoms with Crippen molar-refractivity contribution >= 4 is 23.6 Å². The number of morpholine rings is 1. The number of nitrogens with one attached hydrogen (secondary N) is 1. The van der Waals surface area contributed by atoms with E-state index in [1.165, 1.54) is 0 Å². The number of carbonyl (C=O) groups is 2. The molecule has 0 saturated carbocycles. The van der Waals surface area contributed by atoms with Crippen molar-refractivity contribution in [2.24, 2.45) is 0 Å². The summed E-state index contributed by atoms with van der Waals surface area (Å²) in [5.41, 5.74) is 2.60. The molecule has 1 saturated heterocycles. The number of carbonyl (C=O) groups excluding carboxylic acids is 2. The van der Waals surface area contributed by atoms with Crippen molar-refractivity contribution < 1.29 is 19.1 Å². The number of benzene rings is 2. The monoisotopic (exact) mass is 405 g/mol. The molecule has 30 heavy (non-hydrogen) atoms. The molecule has 0 atom stereocenters. The van der Waals surface area contributed by atoms with Crippen molar-refractivity contribution in [3.05, 3.63) is 65.2 Å². The molecule has 2 amide bonds. The van der Waals surface area contributed by atoms with E-state index in [1.807, 2.05) is 37.3 Å². The largest absolute Gasteiger partial charge is 0.484 e. The summed E-state index contributed by atoms with van der Waals surface area (Å²) in [6, 6.07) is 16.3. The second-order valence-corrected chi connectivity index (χ2v) is 6.85. The number of aryl methyl sites for hydroxylation is 1. The summed E-state index contributed by atoms with van der Waals surface area (Å²) in [5, 5.41) is 12.1. The van der Waals surface area contributed by atoms with E-state index in [4.69, 9.17) is 9.47 Å². The van der Waals surface area contributed by atoms with Gasteiger partial charge in [0.25, 0.3) is 11.8 Å². The molecular weight excluding hydrogens is 382 g/mol. The number of nitrogens with zero attached hydrogens (tertiary/aromatic N) is 2. The van der Waals surface area contributed by atoms with Gasteiger partial charge in [0.2, 0.25) is 0 Å². The van der Waals surface area contributed by atoms with Gasteiger partial charge in [-0.15, -0.1) is 0 Å². The Balaban J connectivity index is 1.55. The quantitative estimate of drug-likeness (QED) is 0.589. The summed E-state index contributed by atoms with van der Waals surface area (Å²) < 4.78 is 10.7. The average molecular weight is 405 g/mol. The van der Waals surface area contributed by atoms with Crippen LogP contribution in [0.4, 0.5) is 5.69 Å². The molecule has 2 aromatic rings. The fourth-order valence-electron chi connectivity index (χ4n) is 2.89. The van der Waals surface area contributed by atoms with Gasteiger partial charge in [0, 0.05) is 18.8 Å². The number of nitriles is 1. The highest BCUT2D eigenvalue weighted by Crippen LogP contribution is 2.16. The maximum absolute atomic E-state index is 12.5. The molecule has 1 fully saturated rings. The van der Waals surface area contributed by atoms with Crippen LogP contribution in [0.15, 0.2) is 54.1 Å². The third kappa shape index (κ3) is 5.93. The zero-order chi connectivity index (χ0) is 21.3. The van der Waals surface area contributed by atoms with Crippen LogP contribution in [0.3, 0.4) is 0 Å². The van der Waals surface area contributed by atoms with Crippen LogP contribution in [0, 0.1) is 18.3 Å². The molecule has 1 heterocycles. The first-order valence-electron chi connectivity index (χ1n) is 9.63. The SMILES string of the molecule is Cc1ccc(NC(=O)COc2ccc(/C=C(\C#N)C(=O)N3CCOCC3)cc2)cc1. The Kier molecular flexibility index (Phi) is 7.19. The molecule has 7 nitrogen and oxygen atoms in total. The molecule has 0 unspecified atom stereocenters. The van der Waals surface area contributed by atoms with E-state index in [0.29, 0.717) is 43.3 Å². The summed E-state index contributed by atoms with van der Waals surface area (Å²) in [6.45, 7) is 3.78. The molecule has 2 aromatic carbocycles. The van der Waals surface area contributed by atoms with Gasteiger partial charge in [-0.1, -0.05) is 29.8 Å². The Bertz CT molecular complexity index is 953. The molecule has 0 spiro atoms. The van der Waals surface area contributed by atoms with Gasteiger partial charge >= 0.3 is 0 Å². The molecule has 0 aromatic heterocycles. The lowest BCUT2D eigenvalue weighted by atomic mass is 10.1. The molecule has 0 radical (unpaired) electrons. The first kappa shape index (κ1) is 21.1. The molecule has 0 bridgehead atoms. The second kappa shape index (κ2) is 10.2. The highest BCUT2D eigenvalue weighted by Gasteiger charge is 2.20. The number of anilines is 1. The molecule has 1 aliphatic rings. The van der Waals surface area contributed by atoms with Gasteiger partial charge in [-0.3, -0.25) is 9.59 Å². The van der Waals surface area contributed by atoms with Crippen LogP contribution in [0.1, 0.15) is 11.1 Å². The van der Waals surface area contributed by atoms with Crippen LogP contribution in [0.2, 0.25) is 0 Å². The number of rotatable bonds is 6. The maximum atomic E-state index is 12.5. The number of amides is 2. The van der Waals surface area contributed by atoms with Crippen molar-refractivity contribution in [2.75, 3.05) is 38.2 Å². The van der Waals surface area contributed by atoms with E-state index >= 15 is 0 Å². The molecule has 3 rings (SSSR count). The molecule has 154 valence electrons. The van der Waals surface area contributed by atoms with Crippen molar-refractivity contribution in [1.82, 2.24) is 4.90 Å². The van der Waals surface area contributed by atoms with Gasteiger partial charge in [0.05, 0.1) is 13.2 Å². The Morgan fingerprint density at radius 2 is 1.80 bits per heavy atom. The zero-order valence-corrected chi connectivity index (χ0v) is 16.8. The molecule has 7 heteroatoms. The summed E-state index contributed by atoms with van der Waals surface area (Å²) in [7, 11) is 0. The number of hydrogen-bond donors (Lipinski definition) is 1. The van der Waals surface area contributed by atoms with E-state index in [2.05, 4.69) is 5.32 Å². The molecule has 1 aliphatic heterocycles. The first-order valence-corrected chi connectivity index (χ1v) is 9.63. The lowest BCUT2D eigenvalue weighted by Crippen LogP contribution is -2.41. The third-order valence-corrected chi connectivity index (χ3v) is 4.55. The van der Waals surface area contributed by atoms with Crippen LogP contribution in [0.5, 0.6) is 5.75 Å². The fraction of sp³-hybridized carbons (Fsp3) is 0.261. The van der Waals surface area contributed by atoms with Gasteiger partial charge < -0.3 is 19.7 Å². The Morgan fingerprint density at radius 1 is 1.13 bits per heavy atom. The number of ether oxygens (including phenoxy) is 2. The normalized spacial score (nSPS) is 14.0. The summed E-state index contributed by atoms with van der Waals surface area (Å²) in [4.78, 5) is 26.1. The highest BCUT2D eigenvalue weighted by molar-refractivity contribution is 6.01. The van der Waals surface area contributed by atoms with Gasteiger partial charge in [0.1, 0.15) is 17.4 Å². The van der Waals surface area contributed by atoms with Crippen LogP contribution in [0.25, 0.3) is 6.08 Å². The Morgan fingerprint density at radius 3 is 2.43 bits per heavy atom. The topological polar surface area (TPSA) is 91.7 Å². The van der Waals surface area contributed by atoms with Gasteiger partial charge in [-0.2, -0.15) is 5.26 Å². The Hall–Kier alpha value is -3.63. The highest BCUT2D eigenvalue weighted by atomic mass is 16.5. The fourth-order valence-corrected chi connectivity index (χ4v) is 2.89. The number of hydrogen-bond acceptors (Lipinski definition) is 5. The van der Waals surface area contributed by atoms with Gasteiger partial charge in [-0.25, -0.2) is 0 Å². The zero-order valence-electron chi connectivity index (χ0n) is 16.8. The van der Waals surface area contributed by atoms with E-state index < -0.39 is 0 Å². The average Bonchev–Trinajstić information content (AvgIpc) is 2.78. The molecule has 1 N–H and O–H groups in total. The molecule has 0 aliphatic carbocycles. The second-order valence-electron chi connectivity index (χ2n) is 6.85. The summed E-state index contributed by atoms with van der Waals surface area (Å²) in [5.74, 6) is -0.0381. The van der Waals surface area contributed by atoms with Crippen LogP contribution >= 0.6 is 0 Å². The van der Waals surface area contributed by atoms with Crippen molar-refractivity contribution in [2.45, 2.75) is 6.92 Å².